The van der Waals surface area contributed by atoms with E-state index in [9.17, 15) is 4.79 Å². The molecule has 1 aromatic rings. The molecule has 1 aliphatic heterocycles. The normalized spacial score (nSPS) is 19.2. The monoisotopic (exact) mass is 332 g/mol. The number of pyridine rings is 1. The minimum atomic E-state index is -0.271. The van der Waals surface area contributed by atoms with E-state index in [-0.39, 0.29) is 17.6 Å². The second-order valence-electron chi connectivity index (χ2n) is 6.61. The Balaban J connectivity index is 2.26. The molecule has 0 saturated carbocycles. The van der Waals surface area contributed by atoms with E-state index in [1.54, 1.807) is 6.20 Å². The van der Waals surface area contributed by atoms with Crippen molar-refractivity contribution in [3.8, 4) is 0 Å². The molecular formula is C17H28N6O. The van der Waals surface area contributed by atoms with Crippen LogP contribution >= 0.6 is 0 Å². The quantitative estimate of drug-likeness (QED) is 0.705. The summed E-state index contributed by atoms with van der Waals surface area (Å²) in [7, 11) is 1.90. The van der Waals surface area contributed by atoms with Crippen LogP contribution in [0.25, 0.3) is 0 Å². The van der Waals surface area contributed by atoms with Gasteiger partial charge in [-0.3, -0.25) is 15.1 Å². The van der Waals surface area contributed by atoms with Crippen molar-refractivity contribution in [1.82, 2.24) is 20.5 Å². The van der Waals surface area contributed by atoms with Crippen molar-refractivity contribution < 1.29 is 4.79 Å². The van der Waals surface area contributed by atoms with Gasteiger partial charge in [-0.1, -0.05) is 19.8 Å². The first kappa shape index (κ1) is 18.2. The van der Waals surface area contributed by atoms with Crippen LogP contribution < -0.4 is 16.4 Å². The molecule has 0 bridgehead atoms. The highest BCUT2D eigenvalue weighted by Gasteiger charge is 2.34. The van der Waals surface area contributed by atoms with Crippen LogP contribution in [0.5, 0.6) is 0 Å². The summed E-state index contributed by atoms with van der Waals surface area (Å²) < 4.78 is 0. The summed E-state index contributed by atoms with van der Waals surface area (Å²) in [5.41, 5.74) is 7.42. The molecule has 1 unspecified atom stereocenters. The van der Waals surface area contributed by atoms with Crippen LogP contribution in [0.3, 0.4) is 0 Å². The smallest absolute Gasteiger partial charge is 0.216 e. The lowest BCUT2D eigenvalue weighted by Crippen LogP contribution is -2.57. The zero-order valence-corrected chi connectivity index (χ0v) is 15.0. The van der Waals surface area contributed by atoms with Gasteiger partial charge in [-0.25, -0.2) is 4.99 Å². The van der Waals surface area contributed by atoms with Crippen LogP contribution in [0, 0.1) is 0 Å². The minimum absolute atomic E-state index is 0.0314. The molecular weight excluding hydrogens is 304 g/mol. The number of guanidine groups is 1. The average Bonchev–Trinajstić information content (AvgIpc) is 2.55. The number of aromatic nitrogens is 1. The van der Waals surface area contributed by atoms with E-state index in [1.807, 2.05) is 24.1 Å². The van der Waals surface area contributed by atoms with Gasteiger partial charge in [-0.2, -0.15) is 0 Å². The molecule has 2 rings (SSSR count). The second kappa shape index (κ2) is 7.61. The van der Waals surface area contributed by atoms with Crippen molar-refractivity contribution in [2.45, 2.75) is 51.7 Å². The van der Waals surface area contributed by atoms with E-state index in [1.165, 1.54) is 6.92 Å². The molecule has 0 aliphatic carbocycles. The van der Waals surface area contributed by atoms with Gasteiger partial charge in [0.05, 0.1) is 5.69 Å². The number of carbonyl (C=O) groups excluding carboxylic acids is 1. The van der Waals surface area contributed by atoms with Crippen LogP contribution in [0.15, 0.2) is 23.3 Å². The zero-order chi connectivity index (χ0) is 17.7. The van der Waals surface area contributed by atoms with Crippen molar-refractivity contribution in [1.29, 1.82) is 0 Å². The minimum Gasteiger partial charge on any atom is -0.369 e. The largest absolute Gasteiger partial charge is 0.369 e. The van der Waals surface area contributed by atoms with E-state index in [2.05, 4.69) is 34.5 Å². The number of nitrogens with two attached hydrogens (primary N) is 1. The van der Waals surface area contributed by atoms with E-state index in [4.69, 9.17) is 5.73 Å². The zero-order valence-electron chi connectivity index (χ0n) is 15.0. The third-order valence-electron chi connectivity index (χ3n) is 4.35. The van der Waals surface area contributed by atoms with E-state index < -0.39 is 0 Å². The summed E-state index contributed by atoms with van der Waals surface area (Å²) in [6.45, 7) is 6.37. The topological polar surface area (TPSA) is 95.6 Å². The molecule has 1 aliphatic rings. The van der Waals surface area contributed by atoms with Gasteiger partial charge in [-0.05, 0) is 25.5 Å². The molecule has 0 spiro atoms. The second-order valence-corrected chi connectivity index (χ2v) is 6.61. The van der Waals surface area contributed by atoms with Gasteiger partial charge in [0, 0.05) is 32.3 Å². The number of hydrogen-bond acceptors (Lipinski definition) is 6. The standard InChI is InChI=1S/C17H28N6O/c1-5-6-9-17(3,11-20-12(2)24)22-15-14-13(8-7-10-19-14)21-16(18)23(15)4/h7-8,10,15,22H,5-6,9,11H2,1-4H3,(H2,18,21)(H,20,24)/t15?,17-/m1/s1. The van der Waals surface area contributed by atoms with Crippen LogP contribution in [0.1, 0.15) is 51.9 Å². The molecule has 7 heteroatoms. The molecule has 1 amide bonds. The molecule has 2 atom stereocenters. The molecule has 1 aromatic heterocycles. The average molecular weight is 332 g/mol. The first-order chi connectivity index (χ1) is 11.4. The SMILES string of the molecule is CCCC[C@](C)(CNC(C)=O)NC1c2ncccc2N=C(N)N1C. The fourth-order valence-corrected chi connectivity index (χ4v) is 2.83. The van der Waals surface area contributed by atoms with Gasteiger partial charge in [0.25, 0.3) is 0 Å². The molecule has 0 radical (unpaired) electrons. The molecule has 0 saturated heterocycles. The van der Waals surface area contributed by atoms with Gasteiger partial charge >= 0.3 is 0 Å². The van der Waals surface area contributed by atoms with Gasteiger partial charge < -0.3 is 16.0 Å². The number of nitrogens with zero attached hydrogens (tertiary/aromatic N) is 3. The fraction of sp³-hybridized carbons (Fsp3) is 0.588. The Morgan fingerprint density at radius 3 is 2.92 bits per heavy atom. The van der Waals surface area contributed by atoms with Crippen molar-refractivity contribution in [2.75, 3.05) is 13.6 Å². The third kappa shape index (κ3) is 4.23. The highest BCUT2D eigenvalue weighted by atomic mass is 16.1. The van der Waals surface area contributed by atoms with Crippen molar-refractivity contribution in [2.24, 2.45) is 10.7 Å². The highest BCUT2D eigenvalue weighted by molar-refractivity contribution is 5.83. The summed E-state index contributed by atoms with van der Waals surface area (Å²) in [5.74, 6) is 0.418. The maximum Gasteiger partial charge on any atom is 0.216 e. The van der Waals surface area contributed by atoms with E-state index in [0.29, 0.717) is 12.5 Å². The molecule has 132 valence electrons. The summed E-state index contributed by atoms with van der Waals surface area (Å²) in [5, 5.41) is 6.58. The molecule has 24 heavy (non-hydrogen) atoms. The first-order valence-electron chi connectivity index (χ1n) is 8.40. The van der Waals surface area contributed by atoms with E-state index in [0.717, 1.165) is 30.6 Å². The van der Waals surface area contributed by atoms with Gasteiger partial charge in [0.2, 0.25) is 5.91 Å². The summed E-state index contributed by atoms with van der Waals surface area (Å²) in [6, 6.07) is 3.76. The Morgan fingerprint density at radius 1 is 1.50 bits per heavy atom. The fourth-order valence-electron chi connectivity index (χ4n) is 2.83. The number of fused-ring (bicyclic) bond motifs is 1. The number of hydrogen-bond donors (Lipinski definition) is 3. The van der Waals surface area contributed by atoms with Gasteiger partial charge in [0.1, 0.15) is 11.9 Å². The van der Waals surface area contributed by atoms with Crippen molar-refractivity contribution in [3.05, 3.63) is 24.0 Å². The predicted molar refractivity (Wildman–Crippen MR) is 95.8 cm³/mol. The highest BCUT2D eigenvalue weighted by Crippen LogP contribution is 2.31. The van der Waals surface area contributed by atoms with Gasteiger partial charge in [-0.15, -0.1) is 0 Å². The molecule has 0 fully saturated rings. The molecule has 0 aromatic carbocycles. The lowest BCUT2D eigenvalue weighted by atomic mass is 9.93. The summed E-state index contributed by atoms with van der Waals surface area (Å²) in [4.78, 5) is 22.1. The Kier molecular flexibility index (Phi) is 5.77. The number of amides is 1. The number of nitrogens with one attached hydrogen (secondary N) is 2. The lowest BCUT2D eigenvalue weighted by Gasteiger charge is -2.41. The Bertz CT molecular complexity index is 617. The number of aliphatic imine (C=N–C) groups is 1. The number of unbranched alkanes of at least 4 members (excludes halogenated alkanes) is 1. The van der Waals surface area contributed by atoms with Crippen molar-refractivity contribution in [3.63, 3.8) is 0 Å². The Labute approximate surface area is 143 Å². The van der Waals surface area contributed by atoms with Crippen molar-refractivity contribution >= 4 is 17.6 Å². The van der Waals surface area contributed by atoms with E-state index >= 15 is 0 Å². The van der Waals surface area contributed by atoms with Crippen LogP contribution in [-0.4, -0.2) is 40.9 Å². The maximum atomic E-state index is 11.4. The third-order valence-corrected chi connectivity index (χ3v) is 4.35. The van der Waals surface area contributed by atoms with Crippen LogP contribution in [0.2, 0.25) is 0 Å². The molecule has 7 nitrogen and oxygen atoms in total. The number of carbonyl (C=O) groups is 1. The Hall–Kier alpha value is -2.15. The molecule has 2 heterocycles. The number of rotatable bonds is 7. The Morgan fingerprint density at radius 2 is 2.25 bits per heavy atom. The molecule has 4 N–H and O–H groups in total. The maximum absolute atomic E-state index is 11.4. The van der Waals surface area contributed by atoms with Crippen LogP contribution in [0.4, 0.5) is 5.69 Å². The van der Waals surface area contributed by atoms with Crippen LogP contribution in [-0.2, 0) is 4.79 Å². The summed E-state index contributed by atoms with van der Waals surface area (Å²) in [6.07, 6.45) is 4.67. The summed E-state index contributed by atoms with van der Waals surface area (Å²) >= 11 is 0. The predicted octanol–water partition coefficient (Wildman–Crippen LogP) is 1.65. The van der Waals surface area contributed by atoms with Gasteiger partial charge in [0.15, 0.2) is 5.96 Å². The lowest BCUT2D eigenvalue weighted by molar-refractivity contribution is -0.119. The first-order valence-corrected chi connectivity index (χ1v) is 8.40.